The van der Waals surface area contributed by atoms with Crippen molar-refractivity contribution >= 4 is 28.6 Å². The third-order valence-electron chi connectivity index (χ3n) is 6.50. The number of thiazole rings is 1. The van der Waals surface area contributed by atoms with Gasteiger partial charge < -0.3 is 9.80 Å². The van der Waals surface area contributed by atoms with Crippen LogP contribution in [0.1, 0.15) is 22.6 Å². The van der Waals surface area contributed by atoms with E-state index in [4.69, 9.17) is 5.26 Å². The van der Waals surface area contributed by atoms with Gasteiger partial charge in [-0.1, -0.05) is 6.07 Å². The number of hydrogen-bond acceptors (Lipinski definition) is 6. The van der Waals surface area contributed by atoms with Crippen molar-refractivity contribution < 1.29 is 4.79 Å². The molecule has 1 aromatic heterocycles. The first-order chi connectivity index (χ1) is 16.1. The molecule has 1 saturated heterocycles. The van der Waals surface area contributed by atoms with E-state index in [9.17, 15) is 4.79 Å². The molecule has 0 aliphatic carbocycles. The van der Waals surface area contributed by atoms with E-state index in [1.165, 1.54) is 5.56 Å². The van der Waals surface area contributed by atoms with Crippen LogP contribution in [-0.4, -0.2) is 55.1 Å². The maximum absolute atomic E-state index is 13.2. The molecule has 2 aliphatic heterocycles. The van der Waals surface area contributed by atoms with Crippen molar-refractivity contribution in [2.75, 3.05) is 49.1 Å². The van der Waals surface area contributed by atoms with E-state index < -0.39 is 0 Å². The lowest BCUT2D eigenvalue weighted by molar-refractivity contribution is -0.119. The van der Waals surface area contributed by atoms with Crippen LogP contribution in [0.15, 0.2) is 47.8 Å². The number of hydrogen-bond donors (Lipinski definition) is 0. The average molecular weight is 458 g/mol. The van der Waals surface area contributed by atoms with Gasteiger partial charge in [0.1, 0.15) is 0 Å². The highest BCUT2D eigenvalue weighted by Gasteiger charge is 2.27. The van der Waals surface area contributed by atoms with Gasteiger partial charge in [0.2, 0.25) is 5.91 Å². The zero-order valence-corrected chi connectivity index (χ0v) is 19.6. The van der Waals surface area contributed by atoms with Gasteiger partial charge in [0, 0.05) is 55.0 Å². The van der Waals surface area contributed by atoms with Crippen molar-refractivity contribution in [3.05, 3.63) is 64.0 Å². The maximum Gasteiger partial charge on any atom is 0.241 e. The quantitative estimate of drug-likeness (QED) is 0.590. The van der Waals surface area contributed by atoms with Crippen LogP contribution in [0, 0.1) is 18.3 Å². The molecule has 168 valence electrons. The molecular weight excluding hydrogens is 430 g/mol. The van der Waals surface area contributed by atoms with Crippen LogP contribution in [0.5, 0.6) is 0 Å². The van der Waals surface area contributed by atoms with Crippen molar-refractivity contribution in [1.29, 1.82) is 5.26 Å². The number of rotatable bonds is 4. The fourth-order valence-electron chi connectivity index (χ4n) is 4.73. The number of nitrogens with zero attached hydrogens (tertiary/aromatic N) is 5. The molecule has 33 heavy (non-hydrogen) atoms. The molecule has 0 spiro atoms. The van der Waals surface area contributed by atoms with Gasteiger partial charge in [-0.05, 0) is 61.7 Å². The molecule has 0 atom stereocenters. The van der Waals surface area contributed by atoms with Crippen LogP contribution in [0.4, 0.5) is 11.4 Å². The number of aromatic nitrogens is 1. The van der Waals surface area contributed by atoms with E-state index in [2.05, 4.69) is 44.4 Å². The summed E-state index contributed by atoms with van der Waals surface area (Å²) in [5.41, 5.74) is 6.24. The number of amides is 1. The summed E-state index contributed by atoms with van der Waals surface area (Å²) in [6.07, 6.45) is 1.91. The molecule has 0 unspecified atom stereocenters. The second-order valence-electron chi connectivity index (χ2n) is 8.67. The van der Waals surface area contributed by atoms with Crippen molar-refractivity contribution in [2.45, 2.75) is 19.8 Å². The summed E-state index contributed by atoms with van der Waals surface area (Å²) in [6, 6.07) is 16.3. The molecule has 3 aromatic rings. The maximum atomic E-state index is 13.2. The number of anilines is 2. The molecule has 7 heteroatoms. The van der Waals surface area contributed by atoms with Crippen LogP contribution in [0.3, 0.4) is 0 Å². The molecule has 2 aliphatic rings. The third-order valence-corrected chi connectivity index (χ3v) is 7.27. The Bertz CT molecular complexity index is 1200. The van der Waals surface area contributed by atoms with Gasteiger partial charge in [0.15, 0.2) is 0 Å². The minimum atomic E-state index is 0.179. The van der Waals surface area contributed by atoms with Gasteiger partial charge >= 0.3 is 0 Å². The third kappa shape index (κ3) is 4.63. The van der Waals surface area contributed by atoms with Gasteiger partial charge in [-0.2, -0.15) is 5.26 Å². The van der Waals surface area contributed by atoms with Crippen LogP contribution >= 0.6 is 11.3 Å². The summed E-state index contributed by atoms with van der Waals surface area (Å²) in [7, 11) is 0. The minimum absolute atomic E-state index is 0.179. The Kier molecular flexibility index (Phi) is 6.12. The van der Waals surface area contributed by atoms with E-state index >= 15 is 0 Å². The zero-order chi connectivity index (χ0) is 22.8. The van der Waals surface area contributed by atoms with E-state index in [0.29, 0.717) is 12.1 Å². The average Bonchev–Trinajstić information content (AvgIpc) is 3.39. The van der Waals surface area contributed by atoms with E-state index in [-0.39, 0.29) is 5.91 Å². The zero-order valence-electron chi connectivity index (χ0n) is 18.8. The van der Waals surface area contributed by atoms with Gasteiger partial charge in [-0.3, -0.25) is 9.69 Å². The Morgan fingerprint density at radius 3 is 2.70 bits per heavy atom. The Morgan fingerprint density at radius 1 is 1.09 bits per heavy atom. The topological polar surface area (TPSA) is 63.5 Å². The Hall–Kier alpha value is -3.21. The van der Waals surface area contributed by atoms with Crippen LogP contribution in [0.2, 0.25) is 0 Å². The SMILES string of the molecule is Cc1nc(-c2ccc3c(c2)CCN3C(=O)CN2CCCN(c3ccc(C#N)cc3)CC2)cs1. The van der Waals surface area contributed by atoms with Gasteiger partial charge in [-0.25, -0.2) is 4.98 Å². The number of benzene rings is 2. The molecule has 2 aromatic carbocycles. The first-order valence-corrected chi connectivity index (χ1v) is 12.3. The number of carbonyl (C=O) groups is 1. The van der Waals surface area contributed by atoms with Gasteiger partial charge in [0.05, 0.1) is 28.9 Å². The number of aryl methyl sites for hydroxylation is 1. The largest absolute Gasteiger partial charge is 0.370 e. The second kappa shape index (κ2) is 9.34. The van der Waals surface area contributed by atoms with E-state index in [0.717, 1.165) is 73.2 Å². The first kappa shape index (κ1) is 21.6. The summed E-state index contributed by atoms with van der Waals surface area (Å²) in [5, 5.41) is 12.2. The first-order valence-electron chi connectivity index (χ1n) is 11.4. The lowest BCUT2D eigenvalue weighted by atomic mass is 10.1. The minimum Gasteiger partial charge on any atom is -0.370 e. The molecule has 3 heterocycles. The Morgan fingerprint density at radius 2 is 1.94 bits per heavy atom. The highest BCUT2D eigenvalue weighted by molar-refractivity contribution is 7.09. The van der Waals surface area contributed by atoms with Crippen molar-refractivity contribution in [3.63, 3.8) is 0 Å². The van der Waals surface area contributed by atoms with Crippen LogP contribution in [-0.2, 0) is 11.2 Å². The fraction of sp³-hybridized carbons (Fsp3) is 0.346. The molecule has 0 bridgehead atoms. The number of carbonyl (C=O) groups excluding carboxylic acids is 1. The van der Waals surface area contributed by atoms with Crippen molar-refractivity contribution in [1.82, 2.24) is 9.88 Å². The van der Waals surface area contributed by atoms with Crippen molar-refractivity contribution in [2.24, 2.45) is 0 Å². The van der Waals surface area contributed by atoms with E-state index in [1.54, 1.807) is 11.3 Å². The summed E-state index contributed by atoms with van der Waals surface area (Å²) in [6.45, 7) is 6.84. The molecule has 0 saturated carbocycles. The van der Waals surface area contributed by atoms with Crippen molar-refractivity contribution in [3.8, 4) is 17.3 Å². The van der Waals surface area contributed by atoms with Crippen LogP contribution in [0.25, 0.3) is 11.3 Å². The van der Waals surface area contributed by atoms with E-state index in [1.807, 2.05) is 36.1 Å². The predicted molar refractivity (Wildman–Crippen MR) is 133 cm³/mol. The molecule has 5 rings (SSSR count). The van der Waals surface area contributed by atoms with Crippen LogP contribution < -0.4 is 9.80 Å². The standard InChI is InChI=1S/C26H27N5OS/c1-19-28-24(18-33-19)21-5-8-25-22(15-21)9-12-31(25)26(32)17-29-10-2-11-30(14-13-29)23-6-3-20(16-27)4-7-23/h3-8,15,18H,2,9-14,17H2,1H3. The summed E-state index contributed by atoms with van der Waals surface area (Å²) in [4.78, 5) is 24.4. The summed E-state index contributed by atoms with van der Waals surface area (Å²) < 4.78 is 0. The summed E-state index contributed by atoms with van der Waals surface area (Å²) in [5.74, 6) is 0.179. The predicted octanol–water partition coefficient (Wildman–Crippen LogP) is 4.09. The molecule has 0 radical (unpaired) electrons. The molecule has 0 N–H and O–H groups in total. The normalized spacial score (nSPS) is 16.4. The highest BCUT2D eigenvalue weighted by Crippen LogP contribution is 2.33. The molecule has 6 nitrogen and oxygen atoms in total. The highest BCUT2D eigenvalue weighted by atomic mass is 32.1. The summed E-state index contributed by atoms with van der Waals surface area (Å²) >= 11 is 1.66. The monoisotopic (exact) mass is 457 g/mol. The Balaban J connectivity index is 1.21. The number of fused-ring (bicyclic) bond motifs is 1. The lowest BCUT2D eigenvalue weighted by Crippen LogP contribution is -2.41. The van der Waals surface area contributed by atoms with Gasteiger partial charge in [0.25, 0.3) is 0 Å². The second-order valence-corrected chi connectivity index (χ2v) is 9.73. The fourth-order valence-corrected chi connectivity index (χ4v) is 5.35. The molecular formula is C26H27N5OS. The van der Waals surface area contributed by atoms with Gasteiger partial charge in [-0.15, -0.1) is 11.3 Å². The molecule has 1 amide bonds. The lowest BCUT2D eigenvalue weighted by Gasteiger charge is -2.25. The smallest absolute Gasteiger partial charge is 0.241 e. The number of nitriles is 1. The molecule has 1 fully saturated rings. The Labute approximate surface area is 198 Å².